The van der Waals surface area contributed by atoms with Gasteiger partial charge in [-0.15, -0.1) is 11.3 Å². The molecular formula is C11H17NOS. The molecule has 3 unspecified atom stereocenters. The Balaban J connectivity index is 2.02. The van der Waals surface area contributed by atoms with Crippen LogP contribution in [0.15, 0.2) is 11.4 Å². The van der Waals surface area contributed by atoms with Gasteiger partial charge in [-0.05, 0) is 43.7 Å². The van der Waals surface area contributed by atoms with Crippen LogP contribution in [-0.2, 0) is 6.42 Å². The highest BCUT2D eigenvalue weighted by Gasteiger charge is 2.25. The van der Waals surface area contributed by atoms with E-state index in [1.807, 2.05) is 25.2 Å². The van der Waals surface area contributed by atoms with Gasteiger partial charge in [-0.3, -0.25) is 0 Å². The zero-order valence-electron chi connectivity index (χ0n) is 8.66. The molecule has 1 aliphatic rings. The molecule has 14 heavy (non-hydrogen) atoms. The zero-order chi connectivity index (χ0) is 10.1. The molecule has 0 aromatic carbocycles. The van der Waals surface area contributed by atoms with Crippen LogP contribution in [0, 0.1) is 0 Å². The third kappa shape index (κ3) is 1.85. The van der Waals surface area contributed by atoms with Crippen molar-refractivity contribution in [1.82, 2.24) is 5.32 Å². The monoisotopic (exact) mass is 211 g/mol. The molecule has 3 atom stereocenters. The lowest BCUT2D eigenvalue weighted by atomic mass is 10.1. The van der Waals surface area contributed by atoms with E-state index in [1.165, 1.54) is 23.3 Å². The van der Waals surface area contributed by atoms with Crippen molar-refractivity contribution in [2.45, 2.75) is 44.9 Å². The van der Waals surface area contributed by atoms with Gasteiger partial charge in [-0.2, -0.15) is 0 Å². The predicted octanol–water partition coefficient (Wildman–Crippen LogP) is 2.09. The van der Waals surface area contributed by atoms with Crippen LogP contribution in [-0.4, -0.2) is 17.3 Å². The summed E-state index contributed by atoms with van der Waals surface area (Å²) >= 11 is 1.83. The number of thiophene rings is 1. The maximum absolute atomic E-state index is 9.42. The number of fused-ring (bicyclic) bond motifs is 1. The highest BCUT2D eigenvalue weighted by atomic mass is 32.1. The number of aryl methyl sites for hydroxylation is 1. The molecule has 0 aliphatic heterocycles. The van der Waals surface area contributed by atoms with Gasteiger partial charge in [0, 0.05) is 17.0 Å². The highest BCUT2D eigenvalue weighted by Crippen LogP contribution is 2.35. The quantitative estimate of drug-likeness (QED) is 0.802. The standard InChI is InChI=1S/C11H17NOS/c1-7(8(2)13)12-10-4-3-9-5-6-14-11(9)10/h5-8,10,12-13H,3-4H2,1-2H3. The zero-order valence-corrected chi connectivity index (χ0v) is 9.47. The van der Waals surface area contributed by atoms with E-state index < -0.39 is 0 Å². The molecule has 2 nitrogen and oxygen atoms in total. The SMILES string of the molecule is CC(O)C(C)NC1CCc2ccsc21. The number of hydrogen-bond donors (Lipinski definition) is 2. The van der Waals surface area contributed by atoms with Crippen LogP contribution >= 0.6 is 11.3 Å². The highest BCUT2D eigenvalue weighted by molar-refractivity contribution is 7.10. The Hall–Kier alpha value is -0.380. The van der Waals surface area contributed by atoms with Crippen LogP contribution in [0.3, 0.4) is 0 Å². The molecule has 1 aromatic heterocycles. The Labute approximate surface area is 89.0 Å². The number of aliphatic hydroxyl groups is 1. The summed E-state index contributed by atoms with van der Waals surface area (Å²) in [5.41, 5.74) is 1.49. The van der Waals surface area contributed by atoms with Crippen LogP contribution in [0.5, 0.6) is 0 Å². The first kappa shape index (κ1) is 10.1. The second-order valence-corrected chi connectivity index (χ2v) is 5.04. The molecule has 2 rings (SSSR count). The number of hydrogen-bond acceptors (Lipinski definition) is 3. The first-order chi connectivity index (χ1) is 6.68. The topological polar surface area (TPSA) is 32.3 Å². The Bertz CT molecular complexity index is 308. The maximum Gasteiger partial charge on any atom is 0.0662 e. The van der Waals surface area contributed by atoms with E-state index in [0.29, 0.717) is 6.04 Å². The van der Waals surface area contributed by atoms with Gasteiger partial charge >= 0.3 is 0 Å². The van der Waals surface area contributed by atoms with E-state index in [-0.39, 0.29) is 12.1 Å². The Kier molecular flexibility index (Phi) is 2.91. The van der Waals surface area contributed by atoms with Crippen molar-refractivity contribution >= 4 is 11.3 Å². The summed E-state index contributed by atoms with van der Waals surface area (Å²) in [6, 6.07) is 2.86. The van der Waals surface area contributed by atoms with Gasteiger partial charge in [-0.1, -0.05) is 0 Å². The first-order valence-electron chi connectivity index (χ1n) is 5.19. The van der Waals surface area contributed by atoms with Crippen LogP contribution in [0.2, 0.25) is 0 Å². The molecule has 0 radical (unpaired) electrons. The first-order valence-corrected chi connectivity index (χ1v) is 6.07. The molecule has 1 aliphatic carbocycles. The molecule has 1 heterocycles. The van der Waals surface area contributed by atoms with E-state index in [2.05, 4.69) is 16.8 Å². The minimum absolute atomic E-state index is 0.174. The summed E-state index contributed by atoms with van der Waals surface area (Å²) in [6.45, 7) is 3.87. The Morgan fingerprint density at radius 3 is 3.07 bits per heavy atom. The minimum Gasteiger partial charge on any atom is -0.392 e. The predicted molar refractivity (Wildman–Crippen MR) is 59.7 cm³/mol. The second-order valence-electron chi connectivity index (χ2n) is 4.10. The van der Waals surface area contributed by atoms with Gasteiger partial charge < -0.3 is 10.4 Å². The second kappa shape index (κ2) is 4.01. The third-order valence-electron chi connectivity index (χ3n) is 2.99. The van der Waals surface area contributed by atoms with Crippen molar-refractivity contribution in [3.05, 3.63) is 21.9 Å². The normalized spacial score (nSPS) is 24.6. The minimum atomic E-state index is -0.279. The van der Waals surface area contributed by atoms with Crippen molar-refractivity contribution in [3.8, 4) is 0 Å². The van der Waals surface area contributed by atoms with Gasteiger partial charge in [0.05, 0.1) is 6.10 Å². The Morgan fingerprint density at radius 1 is 1.57 bits per heavy atom. The number of aliphatic hydroxyl groups excluding tert-OH is 1. The molecule has 2 N–H and O–H groups in total. The lowest BCUT2D eigenvalue weighted by Crippen LogP contribution is -2.37. The molecule has 3 heteroatoms. The molecule has 0 fully saturated rings. The van der Waals surface area contributed by atoms with E-state index in [0.717, 1.165) is 0 Å². The van der Waals surface area contributed by atoms with Crippen LogP contribution in [0.25, 0.3) is 0 Å². The molecule has 0 saturated carbocycles. The Morgan fingerprint density at radius 2 is 2.36 bits per heavy atom. The summed E-state index contributed by atoms with van der Waals surface area (Å²) in [7, 11) is 0. The van der Waals surface area contributed by atoms with Crippen LogP contribution < -0.4 is 5.32 Å². The van der Waals surface area contributed by atoms with E-state index >= 15 is 0 Å². The van der Waals surface area contributed by atoms with Crippen molar-refractivity contribution in [2.24, 2.45) is 0 Å². The van der Waals surface area contributed by atoms with Gasteiger partial charge in [0.1, 0.15) is 0 Å². The summed E-state index contributed by atoms with van der Waals surface area (Å²) in [6.07, 6.45) is 2.08. The van der Waals surface area contributed by atoms with Crippen molar-refractivity contribution in [1.29, 1.82) is 0 Å². The van der Waals surface area contributed by atoms with Crippen LogP contribution in [0.1, 0.15) is 36.8 Å². The van der Waals surface area contributed by atoms with Crippen molar-refractivity contribution in [3.63, 3.8) is 0 Å². The number of nitrogens with one attached hydrogen (secondary N) is 1. The maximum atomic E-state index is 9.42. The van der Waals surface area contributed by atoms with Gasteiger partial charge in [0.15, 0.2) is 0 Å². The van der Waals surface area contributed by atoms with E-state index in [9.17, 15) is 5.11 Å². The third-order valence-corrected chi connectivity index (χ3v) is 4.06. The molecule has 1 aromatic rings. The largest absolute Gasteiger partial charge is 0.392 e. The van der Waals surface area contributed by atoms with Gasteiger partial charge in [0.2, 0.25) is 0 Å². The summed E-state index contributed by atoms with van der Waals surface area (Å²) in [4.78, 5) is 1.47. The summed E-state index contributed by atoms with van der Waals surface area (Å²) < 4.78 is 0. The molecule has 0 amide bonds. The molecular weight excluding hydrogens is 194 g/mol. The van der Waals surface area contributed by atoms with Crippen LogP contribution in [0.4, 0.5) is 0 Å². The lowest BCUT2D eigenvalue weighted by Gasteiger charge is -2.21. The molecule has 0 spiro atoms. The summed E-state index contributed by atoms with van der Waals surface area (Å²) in [5, 5.41) is 15.1. The lowest BCUT2D eigenvalue weighted by molar-refractivity contribution is 0.146. The summed E-state index contributed by atoms with van der Waals surface area (Å²) in [5.74, 6) is 0. The fourth-order valence-corrected chi connectivity index (χ4v) is 2.96. The molecule has 0 bridgehead atoms. The average Bonchev–Trinajstić information content (AvgIpc) is 2.69. The van der Waals surface area contributed by atoms with E-state index in [1.54, 1.807) is 0 Å². The van der Waals surface area contributed by atoms with Crippen molar-refractivity contribution < 1.29 is 5.11 Å². The van der Waals surface area contributed by atoms with Crippen molar-refractivity contribution in [2.75, 3.05) is 0 Å². The fourth-order valence-electron chi connectivity index (χ4n) is 1.91. The molecule has 78 valence electrons. The number of rotatable bonds is 3. The molecule has 0 saturated heterocycles. The average molecular weight is 211 g/mol. The van der Waals surface area contributed by atoms with Gasteiger partial charge in [0.25, 0.3) is 0 Å². The fraction of sp³-hybridized carbons (Fsp3) is 0.636. The smallest absolute Gasteiger partial charge is 0.0662 e. The van der Waals surface area contributed by atoms with Gasteiger partial charge in [-0.25, -0.2) is 0 Å². The van der Waals surface area contributed by atoms with E-state index in [4.69, 9.17) is 0 Å².